The Morgan fingerprint density at radius 3 is 1.11 bits per heavy atom. The number of benzene rings is 10. The van der Waals surface area contributed by atoms with Crippen LogP contribution in [0.15, 0.2) is 261 Å². The molecule has 0 atom stereocenters. The molecule has 0 saturated carbocycles. The third-order valence-corrected chi connectivity index (χ3v) is 19.2. The molecular weight excluding hydrogens is 867 g/mol. The van der Waals surface area contributed by atoms with Gasteiger partial charge in [-0.2, -0.15) is 4.98 Å². The average Bonchev–Trinajstić information content (AvgIpc) is 4.08. The number of aromatic nitrogens is 5. The Labute approximate surface area is 405 Å². The minimum absolute atomic E-state index is 0.607. The lowest BCUT2D eigenvalue weighted by atomic mass is 10.1. The fraction of sp³-hybridized carbons (Fsp3) is 0. The van der Waals surface area contributed by atoms with Gasteiger partial charge in [0.2, 0.25) is 5.95 Å². The molecule has 0 bridgehead atoms. The molecular formula is C64H43N5Si. The van der Waals surface area contributed by atoms with E-state index in [1.807, 2.05) is 0 Å². The molecule has 70 heavy (non-hydrogen) atoms. The van der Waals surface area contributed by atoms with Gasteiger partial charge >= 0.3 is 0 Å². The molecule has 4 heterocycles. The second kappa shape index (κ2) is 16.0. The SMILES string of the molecule is c1ccc([Si](c2ccccc2)(c2ccccc2)c2ccc(-c3cc(-n4c5ccccc5c5ccccc54)nc(-n4c5ccccc5c5cc(-n6c7ccccc7c7ccccc76)ccc54)n3)cc2)cc1. The molecule has 0 aliphatic carbocycles. The zero-order valence-electron chi connectivity index (χ0n) is 38.1. The molecule has 14 aromatic rings. The van der Waals surface area contributed by atoms with Gasteiger partial charge in [0.25, 0.3) is 0 Å². The molecule has 0 unspecified atom stereocenters. The van der Waals surface area contributed by atoms with Gasteiger partial charge in [0, 0.05) is 49.6 Å². The molecule has 0 radical (unpaired) electrons. The van der Waals surface area contributed by atoms with E-state index in [-0.39, 0.29) is 0 Å². The van der Waals surface area contributed by atoms with Crippen LogP contribution in [-0.2, 0) is 0 Å². The number of para-hydroxylation sites is 5. The lowest BCUT2D eigenvalue weighted by Gasteiger charge is -2.34. The number of nitrogens with zero attached hydrogens (tertiary/aromatic N) is 5. The second-order valence-electron chi connectivity index (χ2n) is 18.1. The Bertz CT molecular complexity index is 4080. The smallest absolute Gasteiger partial charge is 0.237 e. The average molecular weight is 910 g/mol. The Morgan fingerprint density at radius 1 is 0.271 bits per heavy atom. The molecule has 0 aliphatic heterocycles. The van der Waals surface area contributed by atoms with Gasteiger partial charge in [-0.15, -0.1) is 0 Å². The predicted octanol–water partition coefficient (Wildman–Crippen LogP) is 12.8. The largest absolute Gasteiger partial charge is 0.309 e. The molecule has 10 aromatic carbocycles. The predicted molar refractivity (Wildman–Crippen MR) is 294 cm³/mol. The molecule has 0 fully saturated rings. The van der Waals surface area contributed by atoms with Crippen LogP contribution < -0.4 is 20.7 Å². The van der Waals surface area contributed by atoms with E-state index in [9.17, 15) is 0 Å². The Balaban J connectivity index is 1.01. The monoisotopic (exact) mass is 909 g/mol. The van der Waals surface area contributed by atoms with Crippen LogP contribution in [0.25, 0.3) is 94.1 Å². The summed E-state index contributed by atoms with van der Waals surface area (Å²) in [5.74, 6) is 1.41. The van der Waals surface area contributed by atoms with Crippen LogP contribution in [0.3, 0.4) is 0 Å². The summed E-state index contributed by atoms with van der Waals surface area (Å²) in [7, 11) is -2.75. The van der Waals surface area contributed by atoms with Crippen LogP contribution in [0.1, 0.15) is 0 Å². The first kappa shape index (κ1) is 40.0. The van der Waals surface area contributed by atoms with E-state index in [1.54, 1.807) is 0 Å². The van der Waals surface area contributed by atoms with E-state index in [1.165, 1.54) is 53.3 Å². The Hall–Kier alpha value is -9.10. The standard InChI is InChI=1S/C64H43N5Si/c1-4-20-46(21-5-1)70(47-22-6-2-7-23-47,48-24-8-3-9-25-48)49-39-36-44(37-40-49)56-43-63(68-59-33-17-12-28-52(59)53-29-13-18-34-60(53)68)66-64(65-56)69-61-35-19-14-30-54(61)55-42-45(38-41-62(55)69)67-57-31-15-10-26-50(57)51-27-11-16-32-58(51)67/h1-43H. The summed E-state index contributed by atoms with van der Waals surface area (Å²) in [6, 6.07) is 94.9. The lowest BCUT2D eigenvalue weighted by Crippen LogP contribution is -2.74. The van der Waals surface area contributed by atoms with Gasteiger partial charge < -0.3 is 4.57 Å². The van der Waals surface area contributed by atoms with Gasteiger partial charge in [-0.3, -0.25) is 9.13 Å². The number of hydrogen-bond donors (Lipinski definition) is 0. The topological polar surface area (TPSA) is 40.6 Å². The minimum atomic E-state index is -2.75. The van der Waals surface area contributed by atoms with E-state index in [2.05, 4.69) is 275 Å². The van der Waals surface area contributed by atoms with Crippen molar-refractivity contribution in [2.45, 2.75) is 0 Å². The molecule has 0 aliphatic rings. The Kier molecular flexibility index (Phi) is 9.15. The van der Waals surface area contributed by atoms with Gasteiger partial charge in [-0.1, -0.05) is 206 Å². The highest BCUT2D eigenvalue weighted by Crippen LogP contribution is 2.38. The van der Waals surface area contributed by atoms with Crippen molar-refractivity contribution in [3.8, 4) is 28.7 Å². The first-order chi connectivity index (χ1) is 34.7. The van der Waals surface area contributed by atoms with Crippen molar-refractivity contribution in [1.29, 1.82) is 0 Å². The van der Waals surface area contributed by atoms with E-state index in [4.69, 9.17) is 9.97 Å². The van der Waals surface area contributed by atoms with Crippen LogP contribution in [0.2, 0.25) is 0 Å². The van der Waals surface area contributed by atoms with Gasteiger partial charge in [0.15, 0.2) is 8.07 Å². The molecule has 0 amide bonds. The van der Waals surface area contributed by atoms with Crippen molar-refractivity contribution in [3.05, 3.63) is 261 Å². The molecule has 0 N–H and O–H groups in total. The molecule has 0 saturated heterocycles. The van der Waals surface area contributed by atoms with Crippen molar-refractivity contribution in [2.75, 3.05) is 0 Å². The highest BCUT2D eigenvalue weighted by molar-refractivity contribution is 7.19. The summed E-state index contributed by atoms with van der Waals surface area (Å²) in [6.45, 7) is 0. The summed E-state index contributed by atoms with van der Waals surface area (Å²) in [6.07, 6.45) is 0. The van der Waals surface area contributed by atoms with Crippen LogP contribution in [0, 0.1) is 0 Å². The van der Waals surface area contributed by atoms with Crippen LogP contribution >= 0.6 is 0 Å². The van der Waals surface area contributed by atoms with Crippen molar-refractivity contribution in [3.63, 3.8) is 0 Å². The lowest BCUT2D eigenvalue weighted by molar-refractivity contribution is 0.952. The van der Waals surface area contributed by atoms with Crippen molar-refractivity contribution in [2.24, 2.45) is 0 Å². The summed E-state index contributed by atoms with van der Waals surface area (Å²) in [4.78, 5) is 11.2. The third kappa shape index (κ3) is 6.03. The third-order valence-electron chi connectivity index (χ3n) is 14.4. The van der Waals surface area contributed by atoms with Crippen molar-refractivity contribution in [1.82, 2.24) is 23.7 Å². The van der Waals surface area contributed by atoms with Crippen LogP contribution in [0.5, 0.6) is 0 Å². The van der Waals surface area contributed by atoms with Gasteiger partial charge in [-0.05, 0) is 69.3 Å². The van der Waals surface area contributed by atoms with Crippen molar-refractivity contribution >= 4 is 94.2 Å². The summed E-state index contributed by atoms with van der Waals surface area (Å²) in [5, 5.41) is 12.4. The Morgan fingerprint density at radius 2 is 0.643 bits per heavy atom. The summed E-state index contributed by atoms with van der Waals surface area (Å²) in [5.41, 5.74) is 9.59. The number of rotatable bonds is 8. The van der Waals surface area contributed by atoms with Gasteiger partial charge in [0.05, 0.1) is 38.8 Å². The molecule has 328 valence electrons. The minimum Gasteiger partial charge on any atom is -0.309 e. The van der Waals surface area contributed by atoms with Crippen LogP contribution in [0.4, 0.5) is 0 Å². The second-order valence-corrected chi connectivity index (χ2v) is 21.9. The molecule has 6 heteroatoms. The number of hydrogen-bond acceptors (Lipinski definition) is 2. The normalized spacial score (nSPS) is 12.0. The quantitative estimate of drug-likeness (QED) is 0.113. The maximum atomic E-state index is 5.59. The fourth-order valence-corrected chi connectivity index (χ4v) is 16.2. The van der Waals surface area contributed by atoms with Crippen LogP contribution in [-0.4, -0.2) is 31.7 Å². The zero-order valence-corrected chi connectivity index (χ0v) is 39.1. The summed E-state index contributed by atoms with van der Waals surface area (Å²) < 4.78 is 6.95. The zero-order chi connectivity index (χ0) is 46.2. The first-order valence-corrected chi connectivity index (χ1v) is 25.9. The maximum absolute atomic E-state index is 5.59. The van der Waals surface area contributed by atoms with Crippen molar-refractivity contribution < 1.29 is 0 Å². The molecule has 4 aromatic heterocycles. The molecule has 14 rings (SSSR count). The van der Waals surface area contributed by atoms with E-state index in [0.717, 1.165) is 55.6 Å². The maximum Gasteiger partial charge on any atom is 0.237 e. The van der Waals surface area contributed by atoms with Gasteiger partial charge in [-0.25, -0.2) is 4.98 Å². The highest BCUT2D eigenvalue weighted by Gasteiger charge is 2.41. The molecule has 5 nitrogen and oxygen atoms in total. The first-order valence-electron chi connectivity index (χ1n) is 23.9. The fourth-order valence-electron chi connectivity index (χ4n) is 11.4. The van der Waals surface area contributed by atoms with E-state index in [0.29, 0.717) is 5.95 Å². The van der Waals surface area contributed by atoms with E-state index < -0.39 is 8.07 Å². The van der Waals surface area contributed by atoms with E-state index >= 15 is 0 Å². The highest BCUT2D eigenvalue weighted by atomic mass is 28.3. The van der Waals surface area contributed by atoms with Gasteiger partial charge in [0.1, 0.15) is 5.82 Å². The number of fused-ring (bicyclic) bond motifs is 9. The molecule has 0 spiro atoms. The summed E-state index contributed by atoms with van der Waals surface area (Å²) >= 11 is 0.